The molecule has 0 unspecified atom stereocenters. The van der Waals surface area contributed by atoms with Crippen LogP contribution in [-0.4, -0.2) is 30.7 Å². The van der Waals surface area contributed by atoms with Gasteiger partial charge in [-0.2, -0.15) is 5.10 Å². The van der Waals surface area contributed by atoms with Gasteiger partial charge in [0.15, 0.2) is 0 Å². The molecule has 9 heteroatoms. The molecule has 0 spiro atoms. The van der Waals surface area contributed by atoms with Crippen molar-refractivity contribution in [3.63, 3.8) is 0 Å². The second-order valence-corrected chi connectivity index (χ2v) is 6.35. The summed E-state index contributed by atoms with van der Waals surface area (Å²) in [6.07, 6.45) is 8.68. The fourth-order valence-corrected chi connectivity index (χ4v) is 3.28. The molecule has 0 N–H and O–H groups in total. The highest BCUT2D eigenvalue weighted by Gasteiger charge is 2.21. The quantitative estimate of drug-likeness (QED) is 0.457. The maximum Gasteiger partial charge on any atom is 0.306 e. The molecule has 0 aromatic carbocycles. The number of hydrogen-bond acceptors (Lipinski definition) is 7. The Morgan fingerprint density at radius 1 is 1.36 bits per heavy atom. The van der Waals surface area contributed by atoms with Gasteiger partial charge in [-0.25, -0.2) is 0 Å². The van der Waals surface area contributed by atoms with Gasteiger partial charge in [0.1, 0.15) is 12.4 Å². The lowest BCUT2D eigenvalue weighted by molar-refractivity contribution is -0.385. The minimum Gasteiger partial charge on any atom is -0.416 e. The smallest absolute Gasteiger partial charge is 0.306 e. The molecule has 2 aromatic heterocycles. The van der Waals surface area contributed by atoms with E-state index in [-0.39, 0.29) is 5.69 Å². The van der Waals surface area contributed by atoms with Crippen LogP contribution < -0.4 is 0 Å². The van der Waals surface area contributed by atoms with E-state index in [1.807, 2.05) is 0 Å². The molecule has 0 radical (unpaired) electrons. The highest BCUT2D eigenvalue weighted by molar-refractivity contribution is 7.99. The van der Waals surface area contributed by atoms with Crippen LogP contribution in [0.25, 0.3) is 0 Å². The van der Waals surface area contributed by atoms with Gasteiger partial charge in [-0.05, 0) is 12.8 Å². The molecule has 1 aliphatic carbocycles. The van der Waals surface area contributed by atoms with Crippen molar-refractivity contribution in [2.24, 2.45) is 0 Å². The molecule has 0 atom stereocenters. The van der Waals surface area contributed by atoms with Crippen molar-refractivity contribution in [3.8, 4) is 0 Å². The lowest BCUT2D eigenvalue weighted by Gasteiger charge is -2.17. The SMILES string of the molecule is O=[N+]([O-])c1cnn(CCSc2nnc(C3CCCCC3)o2)c1. The Morgan fingerprint density at radius 2 is 2.18 bits per heavy atom. The van der Waals surface area contributed by atoms with E-state index in [4.69, 9.17) is 4.42 Å². The molecule has 1 saturated carbocycles. The normalized spacial score (nSPS) is 16.0. The van der Waals surface area contributed by atoms with Crippen LogP contribution in [0.4, 0.5) is 5.69 Å². The van der Waals surface area contributed by atoms with Crippen LogP contribution in [-0.2, 0) is 6.54 Å². The zero-order valence-electron chi connectivity index (χ0n) is 12.1. The third-order valence-corrected chi connectivity index (χ3v) is 4.55. The van der Waals surface area contributed by atoms with Crippen LogP contribution in [0, 0.1) is 10.1 Å². The van der Waals surface area contributed by atoms with Crippen molar-refractivity contribution < 1.29 is 9.34 Å². The van der Waals surface area contributed by atoms with E-state index in [0.29, 0.717) is 23.4 Å². The predicted octanol–water partition coefficient (Wildman–Crippen LogP) is 3.01. The van der Waals surface area contributed by atoms with Crippen LogP contribution in [0.5, 0.6) is 0 Å². The van der Waals surface area contributed by atoms with Crippen LogP contribution in [0.15, 0.2) is 22.0 Å². The molecule has 0 amide bonds. The maximum atomic E-state index is 10.6. The molecule has 3 rings (SSSR count). The van der Waals surface area contributed by atoms with Crippen LogP contribution in [0.1, 0.15) is 43.9 Å². The standard InChI is InChI=1S/C13H17N5O3S/c19-18(20)11-8-14-17(9-11)6-7-22-13-16-15-12(21-13)10-4-2-1-3-5-10/h8-10H,1-7H2. The summed E-state index contributed by atoms with van der Waals surface area (Å²) < 4.78 is 7.25. The summed E-state index contributed by atoms with van der Waals surface area (Å²) in [5.74, 6) is 1.83. The van der Waals surface area contributed by atoms with Gasteiger partial charge in [-0.1, -0.05) is 31.0 Å². The molecule has 0 saturated heterocycles. The molecule has 1 aliphatic rings. The third kappa shape index (κ3) is 3.65. The first-order chi connectivity index (χ1) is 10.7. The molecule has 2 aromatic rings. The van der Waals surface area contributed by atoms with Crippen LogP contribution >= 0.6 is 11.8 Å². The van der Waals surface area contributed by atoms with E-state index in [2.05, 4.69) is 15.3 Å². The van der Waals surface area contributed by atoms with Gasteiger partial charge in [0.2, 0.25) is 5.89 Å². The minimum atomic E-state index is -0.453. The molecular formula is C13H17N5O3S. The fraction of sp³-hybridized carbons (Fsp3) is 0.615. The van der Waals surface area contributed by atoms with Gasteiger partial charge in [0.05, 0.1) is 11.5 Å². The second kappa shape index (κ2) is 6.91. The highest BCUT2D eigenvalue weighted by Crippen LogP contribution is 2.32. The Balaban J connectivity index is 1.49. The van der Waals surface area contributed by atoms with Crippen molar-refractivity contribution in [3.05, 3.63) is 28.4 Å². The monoisotopic (exact) mass is 323 g/mol. The van der Waals surface area contributed by atoms with Crippen LogP contribution in [0.3, 0.4) is 0 Å². The zero-order chi connectivity index (χ0) is 15.4. The van der Waals surface area contributed by atoms with E-state index in [9.17, 15) is 10.1 Å². The van der Waals surface area contributed by atoms with Crippen molar-refractivity contribution >= 4 is 17.4 Å². The van der Waals surface area contributed by atoms with Crippen molar-refractivity contribution in [1.29, 1.82) is 0 Å². The number of nitro groups is 1. The summed E-state index contributed by atoms with van der Waals surface area (Å²) in [5, 5.41) is 23.3. The van der Waals surface area contributed by atoms with Gasteiger partial charge >= 0.3 is 5.69 Å². The summed E-state index contributed by atoms with van der Waals surface area (Å²) in [6.45, 7) is 0.555. The summed E-state index contributed by atoms with van der Waals surface area (Å²) in [7, 11) is 0. The van der Waals surface area contributed by atoms with Gasteiger partial charge in [-0.15, -0.1) is 10.2 Å². The molecule has 8 nitrogen and oxygen atoms in total. The average molecular weight is 323 g/mol. The second-order valence-electron chi connectivity index (χ2n) is 5.31. The zero-order valence-corrected chi connectivity index (χ0v) is 12.9. The van der Waals surface area contributed by atoms with Crippen molar-refractivity contribution in [2.75, 3.05) is 5.75 Å². The molecule has 1 fully saturated rings. The first-order valence-electron chi connectivity index (χ1n) is 7.35. The van der Waals surface area contributed by atoms with Gasteiger partial charge in [0, 0.05) is 11.7 Å². The van der Waals surface area contributed by atoms with Gasteiger partial charge in [-0.3, -0.25) is 14.8 Å². The summed E-state index contributed by atoms with van der Waals surface area (Å²) >= 11 is 1.45. The Bertz CT molecular complexity index is 635. The molecule has 0 aliphatic heterocycles. The van der Waals surface area contributed by atoms with E-state index < -0.39 is 4.92 Å². The largest absolute Gasteiger partial charge is 0.416 e. The first kappa shape index (κ1) is 15.0. The van der Waals surface area contributed by atoms with Crippen molar-refractivity contribution in [2.45, 2.75) is 49.8 Å². The van der Waals surface area contributed by atoms with Gasteiger partial charge < -0.3 is 4.42 Å². The number of nitrogens with zero attached hydrogens (tertiary/aromatic N) is 5. The maximum absolute atomic E-state index is 10.6. The Hall–Kier alpha value is -1.90. The minimum absolute atomic E-state index is 0.00220. The summed E-state index contributed by atoms with van der Waals surface area (Å²) in [4.78, 5) is 10.1. The van der Waals surface area contributed by atoms with E-state index >= 15 is 0 Å². The van der Waals surface area contributed by atoms with E-state index in [0.717, 1.165) is 18.7 Å². The van der Waals surface area contributed by atoms with Crippen LogP contribution in [0.2, 0.25) is 0 Å². The number of thioether (sulfide) groups is 1. The molecule has 0 bridgehead atoms. The lowest BCUT2D eigenvalue weighted by Crippen LogP contribution is -2.04. The molecule has 2 heterocycles. The highest BCUT2D eigenvalue weighted by atomic mass is 32.2. The Labute approximate surface area is 131 Å². The van der Waals surface area contributed by atoms with Crippen molar-refractivity contribution in [1.82, 2.24) is 20.0 Å². The van der Waals surface area contributed by atoms with E-state index in [1.54, 1.807) is 4.68 Å². The Kier molecular flexibility index (Phi) is 4.71. The molecule has 22 heavy (non-hydrogen) atoms. The fourth-order valence-electron chi connectivity index (χ4n) is 2.59. The van der Waals surface area contributed by atoms with E-state index in [1.165, 1.54) is 43.4 Å². The molecule has 118 valence electrons. The first-order valence-corrected chi connectivity index (χ1v) is 8.34. The topological polar surface area (TPSA) is 99.9 Å². The number of aromatic nitrogens is 4. The average Bonchev–Trinajstić information content (AvgIpc) is 3.18. The third-order valence-electron chi connectivity index (χ3n) is 3.75. The number of aryl methyl sites for hydroxylation is 1. The van der Waals surface area contributed by atoms with Gasteiger partial charge in [0.25, 0.3) is 5.22 Å². The summed E-state index contributed by atoms with van der Waals surface area (Å²) in [5.41, 5.74) is 0.00220. The number of rotatable bonds is 6. The predicted molar refractivity (Wildman–Crippen MR) is 79.7 cm³/mol. The summed E-state index contributed by atoms with van der Waals surface area (Å²) in [6, 6.07) is 0. The lowest BCUT2D eigenvalue weighted by atomic mass is 9.89. The Morgan fingerprint density at radius 3 is 2.91 bits per heavy atom. The number of hydrogen-bond donors (Lipinski definition) is 0. The molecular weight excluding hydrogens is 306 g/mol.